The molecular weight excluding hydrogens is 281 g/mol. The van der Waals surface area contributed by atoms with Gasteiger partial charge in [0.15, 0.2) is 0 Å². The maximum Gasteiger partial charge on any atom is 0.274 e. The highest BCUT2D eigenvalue weighted by atomic mass is 35.5. The molecule has 0 aliphatic carbocycles. The van der Waals surface area contributed by atoms with E-state index in [1.165, 1.54) is 12.1 Å². The summed E-state index contributed by atoms with van der Waals surface area (Å²) in [7, 11) is 0. The number of nitrogens with zero attached hydrogens (tertiary/aromatic N) is 1. The van der Waals surface area contributed by atoms with Crippen molar-refractivity contribution in [2.75, 3.05) is 17.2 Å². The van der Waals surface area contributed by atoms with Crippen LogP contribution in [-0.2, 0) is 0 Å². The first-order valence-electron chi connectivity index (χ1n) is 6.07. The van der Waals surface area contributed by atoms with Crippen LogP contribution in [0.15, 0.2) is 36.4 Å². The van der Waals surface area contributed by atoms with Crippen LogP contribution in [0.4, 0.5) is 15.9 Å². The van der Waals surface area contributed by atoms with Gasteiger partial charge in [0.1, 0.15) is 17.3 Å². The number of carbonyl (C=O) groups excluding carboxylic acids is 1. The fraction of sp³-hybridized carbons (Fsp3) is 0.143. The SMILES string of the molecule is CCNc1cccc(C(=O)Nc2ccc(Cl)c(F)c2)n1. The molecule has 0 fully saturated rings. The Morgan fingerprint density at radius 3 is 2.85 bits per heavy atom. The summed E-state index contributed by atoms with van der Waals surface area (Å²) in [5.41, 5.74) is 0.575. The van der Waals surface area contributed by atoms with E-state index in [0.717, 1.165) is 6.07 Å². The summed E-state index contributed by atoms with van der Waals surface area (Å²) in [5, 5.41) is 5.59. The highest BCUT2D eigenvalue weighted by Gasteiger charge is 2.09. The van der Waals surface area contributed by atoms with Gasteiger partial charge in [-0.2, -0.15) is 0 Å². The number of pyridine rings is 1. The zero-order chi connectivity index (χ0) is 14.5. The van der Waals surface area contributed by atoms with E-state index in [1.807, 2.05) is 6.92 Å². The second-order valence-corrected chi connectivity index (χ2v) is 4.43. The van der Waals surface area contributed by atoms with Crippen LogP contribution in [0.3, 0.4) is 0 Å². The van der Waals surface area contributed by atoms with Gasteiger partial charge in [-0.15, -0.1) is 0 Å². The number of hydrogen-bond donors (Lipinski definition) is 2. The van der Waals surface area contributed by atoms with E-state index < -0.39 is 11.7 Å². The third kappa shape index (κ3) is 3.45. The van der Waals surface area contributed by atoms with Crippen LogP contribution in [-0.4, -0.2) is 17.4 Å². The van der Waals surface area contributed by atoms with Crippen LogP contribution in [0.5, 0.6) is 0 Å². The Morgan fingerprint density at radius 1 is 1.35 bits per heavy atom. The van der Waals surface area contributed by atoms with Crippen LogP contribution < -0.4 is 10.6 Å². The lowest BCUT2D eigenvalue weighted by molar-refractivity contribution is 0.102. The van der Waals surface area contributed by atoms with Gasteiger partial charge in [-0.1, -0.05) is 17.7 Å². The normalized spacial score (nSPS) is 10.2. The number of amides is 1. The van der Waals surface area contributed by atoms with Gasteiger partial charge in [0.05, 0.1) is 5.02 Å². The molecule has 2 N–H and O–H groups in total. The quantitative estimate of drug-likeness (QED) is 0.906. The Bertz CT molecular complexity index is 634. The molecule has 0 radical (unpaired) electrons. The van der Waals surface area contributed by atoms with Crippen molar-refractivity contribution in [2.24, 2.45) is 0 Å². The highest BCUT2D eigenvalue weighted by Crippen LogP contribution is 2.19. The first-order chi connectivity index (χ1) is 9.60. The van der Waals surface area contributed by atoms with E-state index in [-0.39, 0.29) is 10.7 Å². The third-order valence-electron chi connectivity index (χ3n) is 2.52. The maximum absolute atomic E-state index is 13.3. The van der Waals surface area contributed by atoms with Crippen LogP contribution in [0.2, 0.25) is 5.02 Å². The molecule has 0 spiro atoms. The van der Waals surface area contributed by atoms with Crippen LogP contribution >= 0.6 is 11.6 Å². The van der Waals surface area contributed by atoms with Crippen LogP contribution in [0.25, 0.3) is 0 Å². The van der Waals surface area contributed by atoms with Crippen molar-refractivity contribution in [3.05, 3.63) is 52.9 Å². The zero-order valence-electron chi connectivity index (χ0n) is 10.8. The summed E-state index contributed by atoms with van der Waals surface area (Å²) in [6.07, 6.45) is 0. The number of rotatable bonds is 4. The number of halogens is 2. The molecule has 0 atom stereocenters. The summed E-state index contributed by atoms with van der Waals surface area (Å²) >= 11 is 5.58. The van der Waals surface area contributed by atoms with E-state index in [0.29, 0.717) is 18.1 Å². The molecule has 1 heterocycles. The number of anilines is 2. The Hall–Kier alpha value is -2.14. The third-order valence-corrected chi connectivity index (χ3v) is 2.82. The summed E-state index contributed by atoms with van der Waals surface area (Å²) in [6, 6.07) is 9.15. The predicted molar refractivity (Wildman–Crippen MR) is 77.8 cm³/mol. The minimum absolute atomic E-state index is 0.00951. The minimum Gasteiger partial charge on any atom is -0.370 e. The topological polar surface area (TPSA) is 54.0 Å². The first-order valence-corrected chi connectivity index (χ1v) is 6.45. The second-order valence-electron chi connectivity index (χ2n) is 4.02. The molecule has 1 aromatic heterocycles. The molecule has 0 unspecified atom stereocenters. The van der Waals surface area contributed by atoms with Crippen molar-refractivity contribution >= 4 is 29.0 Å². The number of nitrogens with one attached hydrogen (secondary N) is 2. The molecule has 0 saturated carbocycles. The van der Waals surface area contributed by atoms with E-state index >= 15 is 0 Å². The molecule has 6 heteroatoms. The Balaban J connectivity index is 2.15. The van der Waals surface area contributed by atoms with E-state index in [4.69, 9.17) is 11.6 Å². The molecule has 0 aliphatic heterocycles. The van der Waals surface area contributed by atoms with Crippen molar-refractivity contribution in [1.29, 1.82) is 0 Å². The van der Waals surface area contributed by atoms with Crippen molar-refractivity contribution in [1.82, 2.24) is 4.98 Å². The van der Waals surface area contributed by atoms with Gasteiger partial charge in [-0.05, 0) is 37.3 Å². The van der Waals surface area contributed by atoms with Gasteiger partial charge in [0, 0.05) is 12.2 Å². The van der Waals surface area contributed by atoms with Gasteiger partial charge < -0.3 is 10.6 Å². The van der Waals surface area contributed by atoms with E-state index in [9.17, 15) is 9.18 Å². The summed E-state index contributed by atoms with van der Waals surface area (Å²) in [6.45, 7) is 2.64. The fourth-order valence-corrected chi connectivity index (χ4v) is 1.73. The molecule has 0 saturated heterocycles. The molecule has 0 bridgehead atoms. The Labute approximate surface area is 121 Å². The zero-order valence-corrected chi connectivity index (χ0v) is 11.5. The monoisotopic (exact) mass is 293 g/mol. The fourth-order valence-electron chi connectivity index (χ4n) is 1.61. The predicted octanol–water partition coefficient (Wildman–Crippen LogP) is 3.56. The van der Waals surface area contributed by atoms with Crippen LogP contribution in [0, 0.1) is 5.82 Å². The smallest absolute Gasteiger partial charge is 0.274 e. The summed E-state index contributed by atoms with van der Waals surface area (Å²) in [4.78, 5) is 16.2. The standard InChI is InChI=1S/C14H13ClFN3O/c1-2-17-13-5-3-4-12(19-13)14(20)18-9-6-7-10(15)11(16)8-9/h3-8H,2H2,1H3,(H,17,19)(H,18,20). The van der Waals surface area contributed by atoms with Crippen molar-refractivity contribution < 1.29 is 9.18 Å². The molecule has 104 valence electrons. The largest absolute Gasteiger partial charge is 0.370 e. The first kappa shape index (κ1) is 14.3. The lowest BCUT2D eigenvalue weighted by atomic mass is 10.3. The number of hydrogen-bond acceptors (Lipinski definition) is 3. The molecule has 0 aliphatic rings. The van der Waals surface area contributed by atoms with Gasteiger partial charge in [-0.25, -0.2) is 9.37 Å². The lowest BCUT2D eigenvalue weighted by Crippen LogP contribution is -2.14. The number of aromatic nitrogens is 1. The van der Waals surface area contributed by atoms with Crippen molar-refractivity contribution in [2.45, 2.75) is 6.92 Å². The van der Waals surface area contributed by atoms with Gasteiger partial charge in [0.25, 0.3) is 5.91 Å². The van der Waals surface area contributed by atoms with Gasteiger partial charge in [0.2, 0.25) is 0 Å². The summed E-state index contributed by atoms with van der Waals surface area (Å²) < 4.78 is 13.3. The van der Waals surface area contributed by atoms with E-state index in [1.54, 1.807) is 18.2 Å². The second kappa shape index (κ2) is 6.34. The molecule has 2 aromatic rings. The van der Waals surface area contributed by atoms with Crippen molar-refractivity contribution in [3.8, 4) is 0 Å². The van der Waals surface area contributed by atoms with Crippen molar-refractivity contribution in [3.63, 3.8) is 0 Å². The maximum atomic E-state index is 13.3. The Kier molecular flexibility index (Phi) is 4.53. The molecule has 2 rings (SSSR count). The van der Waals surface area contributed by atoms with Gasteiger partial charge in [-0.3, -0.25) is 4.79 Å². The number of benzene rings is 1. The minimum atomic E-state index is -0.584. The van der Waals surface area contributed by atoms with Crippen LogP contribution in [0.1, 0.15) is 17.4 Å². The average molecular weight is 294 g/mol. The average Bonchev–Trinajstić information content (AvgIpc) is 2.43. The summed E-state index contributed by atoms with van der Waals surface area (Å²) in [5.74, 6) is -0.382. The Morgan fingerprint density at radius 2 is 2.15 bits per heavy atom. The van der Waals surface area contributed by atoms with Gasteiger partial charge >= 0.3 is 0 Å². The lowest BCUT2D eigenvalue weighted by Gasteiger charge is -2.07. The molecule has 1 aromatic carbocycles. The molecule has 20 heavy (non-hydrogen) atoms. The molecule has 1 amide bonds. The molecular formula is C14H13ClFN3O. The van der Waals surface area contributed by atoms with E-state index in [2.05, 4.69) is 15.6 Å². The number of carbonyl (C=O) groups is 1. The highest BCUT2D eigenvalue weighted by molar-refractivity contribution is 6.30. The molecule has 4 nitrogen and oxygen atoms in total.